The predicted molar refractivity (Wildman–Crippen MR) is 83.9 cm³/mol. The van der Waals surface area contributed by atoms with Crippen molar-refractivity contribution >= 4 is 55.6 Å². The Kier molecular flexibility index (Phi) is 4.54. The van der Waals surface area contributed by atoms with Gasteiger partial charge >= 0.3 is 0 Å². The van der Waals surface area contributed by atoms with Crippen molar-refractivity contribution in [2.45, 2.75) is 5.92 Å². The molecule has 1 atom stereocenters. The van der Waals surface area contributed by atoms with Gasteiger partial charge in [0, 0.05) is 18.5 Å². The van der Waals surface area contributed by atoms with E-state index in [4.69, 9.17) is 0 Å². The fourth-order valence-corrected chi connectivity index (χ4v) is 3.28. The van der Waals surface area contributed by atoms with Crippen LogP contribution in [0, 0.1) is 14.9 Å². The quantitative estimate of drug-likeness (QED) is 0.526. The Morgan fingerprint density at radius 2 is 2.22 bits per heavy atom. The zero-order valence-electron chi connectivity index (χ0n) is 9.06. The van der Waals surface area contributed by atoms with Crippen molar-refractivity contribution in [2.24, 2.45) is 0 Å². The third-order valence-corrected chi connectivity index (χ3v) is 4.78. The fourth-order valence-electron chi connectivity index (χ4n) is 1.55. The summed E-state index contributed by atoms with van der Waals surface area (Å²) in [7, 11) is 0. The second kappa shape index (κ2) is 5.95. The normalized spacial score (nSPS) is 11.8. The van der Waals surface area contributed by atoms with E-state index in [1.54, 1.807) is 6.07 Å². The van der Waals surface area contributed by atoms with Crippen LogP contribution in [0.25, 0.3) is 0 Å². The van der Waals surface area contributed by atoms with Crippen LogP contribution in [0.5, 0.6) is 0 Å². The molecule has 0 fully saturated rings. The van der Waals surface area contributed by atoms with Crippen LogP contribution in [-0.4, -0.2) is 5.78 Å². The van der Waals surface area contributed by atoms with E-state index in [1.165, 1.54) is 11.3 Å². The molecule has 18 heavy (non-hydrogen) atoms. The van der Waals surface area contributed by atoms with E-state index in [9.17, 15) is 10.1 Å². The van der Waals surface area contributed by atoms with E-state index in [-0.39, 0.29) is 5.78 Å². The first kappa shape index (κ1) is 13.7. The number of carbonyl (C=O) groups is 1. The molecule has 0 spiro atoms. The van der Waals surface area contributed by atoms with Gasteiger partial charge in [-0.3, -0.25) is 4.79 Å². The third kappa shape index (κ3) is 2.82. The Balaban J connectivity index is 2.42. The van der Waals surface area contributed by atoms with Crippen molar-refractivity contribution in [3.8, 4) is 6.07 Å². The number of thiophene rings is 1. The van der Waals surface area contributed by atoms with Crippen LogP contribution in [0.2, 0.25) is 0 Å². The van der Waals surface area contributed by atoms with Crippen molar-refractivity contribution in [3.05, 3.63) is 54.2 Å². The minimum absolute atomic E-state index is 0.148. The van der Waals surface area contributed by atoms with Gasteiger partial charge < -0.3 is 0 Å². The van der Waals surface area contributed by atoms with Crippen molar-refractivity contribution in [1.82, 2.24) is 0 Å². The molecule has 0 aliphatic heterocycles. The monoisotopic (exact) mass is 431 g/mol. The Labute approximate surface area is 131 Å². The lowest BCUT2D eigenvalue weighted by Crippen LogP contribution is -2.11. The molecule has 90 valence electrons. The molecule has 0 radical (unpaired) electrons. The lowest BCUT2D eigenvalue weighted by molar-refractivity contribution is 0.0979. The number of ketones is 1. The van der Waals surface area contributed by atoms with E-state index in [1.807, 2.05) is 29.6 Å². The summed E-state index contributed by atoms with van der Waals surface area (Å²) >= 11 is 6.89. The van der Waals surface area contributed by atoms with Crippen molar-refractivity contribution in [2.75, 3.05) is 0 Å². The molecule has 2 rings (SSSR count). The van der Waals surface area contributed by atoms with E-state index in [2.05, 4.69) is 44.6 Å². The van der Waals surface area contributed by atoms with Gasteiger partial charge in [0.15, 0.2) is 5.78 Å². The van der Waals surface area contributed by atoms with Crippen LogP contribution in [0.3, 0.4) is 0 Å². The molecule has 1 aromatic heterocycles. The van der Waals surface area contributed by atoms with Crippen molar-refractivity contribution in [1.29, 1.82) is 5.26 Å². The number of rotatable bonds is 3. The highest BCUT2D eigenvalue weighted by Crippen LogP contribution is 2.28. The van der Waals surface area contributed by atoms with Crippen LogP contribution < -0.4 is 0 Å². The summed E-state index contributed by atoms with van der Waals surface area (Å²) < 4.78 is 1.70. The van der Waals surface area contributed by atoms with E-state index < -0.39 is 5.92 Å². The van der Waals surface area contributed by atoms with Crippen molar-refractivity contribution < 1.29 is 4.79 Å². The Morgan fingerprint density at radius 3 is 2.83 bits per heavy atom. The Bertz CT molecular complexity index is 618. The number of hydrogen-bond donors (Lipinski definition) is 0. The largest absolute Gasteiger partial charge is 0.292 e. The molecule has 1 heterocycles. The first-order chi connectivity index (χ1) is 8.63. The number of benzene rings is 1. The van der Waals surface area contributed by atoms with Crippen LogP contribution in [0.1, 0.15) is 21.2 Å². The van der Waals surface area contributed by atoms with Gasteiger partial charge in [0.25, 0.3) is 0 Å². The minimum atomic E-state index is -0.715. The van der Waals surface area contributed by atoms with Crippen LogP contribution in [-0.2, 0) is 0 Å². The van der Waals surface area contributed by atoms with E-state index in [0.717, 1.165) is 12.9 Å². The van der Waals surface area contributed by atoms with Crippen LogP contribution in [0.4, 0.5) is 0 Å². The molecular weight excluding hydrogens is 425 g/mol. The molecule has 1 aromatic carbocycles. The molecule has 0 amide bonds. The Hall–Kier alpha value is -0.710. The van der Waals surface area contributed by atoms with E-state index in [0.29, 0.717) is 5.56 Å². The minimum Gasteiger partial charge on any atom is -0.292 e. The average Bonchev–Trinajstić information content (AvgIpc) is 2.87. The van der Waals surface area contributed by atoms with Gasteiger partial charge in [0.1, 0.15) is 5.92 Å². The van der Waals surface area contributed by atoms with Crippen LogP contribution >= 0.6 is 49.9 Å². The SMILES string of the molecule is N#CC(C(=O)c1cc(Br)ccc1I)c1cccs1. The van der Waals surface area contributed by atoms with Gasteiger partial charge in [-0.15, -0.1) is 11.3 Å². The summed E-state index contributed by atoms with van der Waals surface area (Å²) in [6.45, 7) is 0. The molecule has 0 aliphatic rings. The lowest BCUT2D eigenvalue weighted by atomic mass is 9.97. The van der Waals surface area contributed by atoms with Gasteiger partial charge in [-0.2, -0.15) is 5.26 Å². The highest BCUT2D eigenvalue weighted by Gasteiger charge is 2.24. The van der Waals surface area contributed by atoms with Gasteiger partial charge in [0.2, 0.25) is 0 Å². The summed E-state index contributed by atoms with van der Waals surface area (Å²) in [5.41, 5.74) is 0.588. The zero-order chi connectivity index (χ0) is 13.1. The molecule has 5 heteroatoms. The standard InChI is InChI=1S/C13H7BrINOS/c14-8-3-4-11(15)9(6-8)13(17)10(7-16)12-2-1-5-18-12/h1-6,10H. The van der Waals surface area contributed by atoms with Crippen LogP contribution in [0.15, 0.2) is 40.2 Å². The summed E-state index contributed by atoms with van der Waals surface area (Å²) in [5, 5.41) is 11.1. The third-order valence-electron chi connectivity index (χ3n) is 2.41. The number of carbonyl (C=O) groups excluding carboxylic acids is 1. The summed E-state index contributed by atoms with van der Waals surface area (Å²) in [4.78, 5) is 13.2. The van der Waals surface area contributed by atoms with Gasteiger partial charge in [0.05, 0.1) is 6.07 Å². The topological polar surface area (TPSA) is 40.9 Å². The molecule has 0 N–H and O–H groups in total. The molecule has 0 saturated carbocycles. The second-order valence-corrected chi connectivity index (χ2v) is 6.62. The molecular formula is C13H7BrINOS. The number of hydrogen-bond acceptors (Lipinski definition) is 3. The summed E-state index contributed by atoms with van der Waals surface area (Å²) in [5.74, 6) is -0.863. The lowest BCUT2D eigenvalue weighted by Gasteiger charge is -2.08. The molecule has 1 unspecified atom stereocenters. The number of nitrogens with zero attached hydrogens (tertiary/aromatic N) is 1. The number of nitriles is 1. The molecule has 0 bridgehead atoms. The van der Waals surface area contributed by atoms with Gasteiger partial charge in [-0.1, -0.05) is 22.0 Å². The molecule has 0 saturated heterocycles. The average molecular weight is 432 g/mol. The highest BCUT2D eigenvalue weighted by atomic mass is 127. The molecule has 2 aromatic rings. The zero-order valence-corrected chi connectivity index (χ0v) is 13.6. The number of Topliss-reactive ketones (excluding diaryl/α,β-unsaturated/α-hetero) is 1. The smallest absolute Gasteiger partial charge is 0.186 e. The second-order valence-electron chi connectivity index (χ2n) is 3.57. The molecule has 2 nitrogen and oxygen atoms in total. The fraction of sp³-hybridized carbons (Fsp3) is 0.0769. The summed E-state index contributed by atoms with van der Waals surface area (Å²) in [6.07, 6.45) is 0. The number of halogens is 2. The maximum absolute atomic E-state index is 12.4. The first-order valence-corrected chi connectivity index (χ1v) is 7.81. The Morgan fingerprint density at radius 1 is 1.44 bits per heavy atom. The van der Waals surface area contributed by atoms with Crippen molar-refractivity contribution in [3.63, 3.8) is 0 Å². The van der Waals surface area contributed by atoms with Gasteiger partial charge in [-0.25, -0.2) is 0 Å². The molecule has 0 aliphatic carbocycles. The maximum atomic E-state index is 12.4. The first-order valence-electron chi connectivity index (χ1n) is 5.05. The van der Waals surface area contributed by atoms with Gasteiger partial charge in [-0.05, 0) is 52.2 Å². The summed E-state index contributed by atoms with van der Waals surface area (Å²) in [6, 6.07) is 11.3. The van der Waals surface area contributed by atoms with E-state index >= 15 is 0 Å². The maximum Gasteiger partial charge on any atom is 0.186 e. The predicted octanol–water partition coefficient (Wildman–Crippen LogP) is 4.61. The highest BCUT2D eigenvalue weighted by molar-refractivity contribution is 14.1.